The molecule has 1 atom stereocenters. The molecule has 1 rings (SSSR count). The SMILES string of the molecule is Cc1c(N)cccc1S(=O)CC(F)F. The Morgan fingerprint density at radius 2 is 2.14 bits per heavy atom. The summed E-state index contributed by atoms with van der Waals surface area (Å²) in [6, 6.07) is 4.82. The quantitative estimate of drug-likeness (QED) is 0.789. The smallest absolute Gasteiger partial charge is 0.250 e. The van der Waals surface area contributed by atoms with Gasteiger partial charge in [-0.1, -0.05) is 6.07 Å². The van der Waals surface area contributed by atoms with Crippen molar-refractivity contribution >= 4 is 16.5 Å². The van der Waals surface area contributed by atoms with Crippen molar-refractivity contribution in [3.63, 3.8) is 0 Å². The van der Waals surface area contributed by atoms with Crippen LogP contribution in [-0.4, -0.2) is 16.4 Å². The average Bonchev–Trinajstić information content (AvgIpc) is 2.08. The van der Waals surface area contributed by atoms with Crippen molar-refractivity contribution in [3.8, 4) is 0 Å². The zero-order valence-corrected chi connectivity index (χ0v) is 8.48. The first-order chi connectivity index (χ1) is 6.52. The number of hydrogen-bond acceptors (Lipinski definition) is 2. The molecule has 0 radical (unpaired) electrons. The molecule has 78 valence electrons. The summed E-state index contributed by atoms with van der Waals surface area (Å²) < 4.78 is 35.4. The number of rotatable bonds is 3. The molecule has 0 aromatic heterocycles. The maximum Gasteiger partial charge on any atom is 0.250 e. The van der Waals surface area contributed by atoms with Crippen LogP contribution in [0, 0.1) is 6.92 Å². The van der Waals surface area contributed by atoms with E-state index in [-0.39, 0.29) is 0 Å². The predicted molar refractivity (Wildman–Crippen MR) is 52.9 cm³/mol. The van der Waals surface area contributed by atoms with E-state index in [2.05, 4.69) is 0 Å². The van der Waals surface area contributed by atoms with Crippen LogP contribution in [0.4, 0.5) is 14.5 Å². The van der Waals surface area contributed by atoms with Crippen LogP contribution in [0.5, 0.6) is 0 Å². The number of halogens is 2. The second-order valence-electron chi connectivity index (χ2n) is 2.87. The summed E-state index contributed by atoms with van der Waals surface area (Å²) in [6.45, 7) is 1.67. The van der Waals surface area contributed by atoms with Gasteiger partial charge in [0.1, 0.15) is 0 Å². The molecular weight excluding hydrogens is 208 g/mol. The van der Waals surface area contributed by atoms with Crippen LogP contribution in [0.3, 0.4) is 0 Å². The van der Waals surface area contributed by atoms with Crippen molar-refractivity contribution < 1.29 is 13.0 Å². The van der Waals surface area contributed by atoms with Gasteiger partial charge in [0, 0.05) is 10.6 Å². The summed E-state index contributed by atoms with van der Waals surface area (Å²) in [6.07, 6.45) is -2.56. The normalized spacial score (nSPS) is 13.1. The highest BCUT2D eigenvalue weighted by Gasteiger charge is 2.13. The van der Waals surface area contributed by atoms with Crippen LogP contribution in [0.25, 0.3) is 0 Å². The molecule has 2 N–H and O–H groups in total. The fraction of sp³-hybridized carbons (Fsp3) is 0.333. The van der Waals surface area contributed by atoms with Gasteiger partial charge in [-0.15, -0.1) is 0 Å². The van der Waals surface area contributed by atoms with E-state index in [1.807, 2.05) is 0 Å². The molecule has 0 heterocycles. The predicted octanol–water partition coefficient (Wildman–Crippen LogP) is 1.95. The van der Waals surface area contributed by atoms with E-state index in [1.165, 1.54) is 0 Å². The highest BCUT2D eigenvalue weighted by Crippen LogP contribution is 2.19. The molecule has 1 aromatic carbocycles. The maximum absolute atomic E-state index is 12.0. The molecule has 0 bridgehead atoms. The molecule has 0 aliphatic heterocycles. The van der Waals surface area contributed by atoms with E-state index in [0.717, 1.165) is 0 Å². The summed E-state index contributed by atoms with van der Waals surface area (Å²) in [5, 5.41) is 0. The van der Waals surface area contributed by atoms with Gasteiger partial charge in [-0.2, -0.15) is 0 Å². The van der Waals surface area contributed by atoms with Gasteiger partial charge in [-0.3, -0.25) is 4.21 Å². The topological polar surface area (TPSA) is 43.1 Å². The summed E-state index contributed by atoms with van der Waals surface area (Å²) in [5.74, 6) is -0.635. The Bertz CT molecular complexity index is 355. The number of hydrogen-bond donors (Lipinski definition) is 1. The molecule has 14 heavy (non-hydrogen) atoms. The van der Waals surface area contributed by atoms with Crippen LogP contribution >= 0.6 is 0 Å². The summed E-state index contributed by atoms with van der Waals surface area (Å²) >= 11 is 0. The third-order valence-electron chi connectivity index (χ3n) is 1.85. The van der Waals surface area contributed by atoms with Gasteiger partial charge in [0.25, 0.3) is 0 Å². The van der Waals surface area contributed by atoms with Crippen LogP contribution in [0.2, 0.25) is 0 Å². The lowest BCUT2D eigenvalue weighted by Crippen LogP contribution is -2.08. The Hall–Kier alpha value is -0.970. The van der Waals surface area contributed by atoms with Crippen molar-refractivity contribution in [2.75, 3.05) is 11.5 Å². The molecule has 0 saturated carbocycles. The third-order valence-corrected chi connectivity index (χ3v) is 3.34. The minimum absolute atomic E-state index is 0.394. The molecule has 0 aliphatic rings. The number of nitrogen functional groups attached to an aromatic ring is 1. The van der Waals surface area contributed by atoms with Crippen molar-refractivity contribution in [1.82, 2.24) is 0 Å². The maximum atomic E-state index is 12.0. The van der Waals surface area contributed by atoms with E-state index in [9.17, 15) is 13.0 Å². The fourth-order valence-corrected chi connectivity index (χ4v) is 2.18. The fourth-order valence-electron chi connectivity index (χ4n) is 1.08. The third kappa shape index (κ3) is 2.51. The van der Waals surface area contributed by atoms with Crippen molar-refractivity contribution in [1.29, 1.82) is 0 Å². The van der Waals surface area contributed by atoms with Crippen molar-refractivity contribution in [2.24, 2.45) is 0 Å². The number of alkyl halides is 2. The molecule has 0 spiro atoms. The Kier molecular flexibility index (Phi) is 3.57. The molecule has 0 saturated heterocycles. The van der Waals surface area contributed by atoms with E-state index in [1.54, 1.807) is 25.1 Å². The van der Waals surface area contributed by atoms with Gasteiger partial charge in [0.15, 0.2) is 0 Å². The molecule has 0 fully saturated rings. The Balaban J connectivity index is 2.96. The van der Waals surface area contributed by atoms with Gasteiger partial charge >= 0.3 is 0 Å². The largest absolute Gasteiger partial charge is 0.398 e. The zero-order valence-electron chi connectivity index (χ0n) is 7.67. The Morgan fingerprint density at radius 1 is 1.50 bits per heavy atom. The van der Waals surface area contributed by atoms with Crippen molar-refractivity contribution in [2.45, 2.75) is 18.2 Å². The first-order valence-corrected chi connectivity index (χ1v) is 5.36. The lowest BCUT2D eigenvalue weighted by Gasteiger charge is -2.07. The number of benzene rings is 1. The monoisotopic (exact) mass is 219 g/mol. The van der Waals surface area contributed by atoms with E-state index in [0.29, 0.717) is 16.1 Å². The molecule has 5 heteroatoms. The lowest BCUT2D eigenvalue weighted by atomic mass is 10.2. The number of nitrogens with two attached hydrogens (primary N) is 1. The average molecular weight is 219 g/mol. The minimum Gasteiger partial charge on any atom is -0.398 e. The van der Waals surface area contributed by atoms with Crippen molar-refractivity contribution in [3.05, 3.63) is 23.8 Å². The molecule has 2 nitrogen and oxygen atoms in total. The Morgan fingerprint density at radius 3 is 2.71 bits per heavy atom. The first-order valence-electron chi connectivity index (χ1n) is 4.04. The zero-order chi connectivity index (χ0) is 10.7. The van der Waals surface area contributed by atoms with E-state index in [4.69, 9.17) is 5.73 Å². The van der Waals surface area contributed by atoms with Crippen LogP contribution < -0.4 is 5.73 Å². The van der Waals surface area contributed by atoms with Crippen LogP contribution in [-0.2, 0) is 10.8 Å². The minimum atomic E-state index is -2.56. The van der Waals surface area contributed by atoms with Crippen LogP contribution in [0.15, 0.2) is 23.1 Å². The second kappa shape index (κ2) is 4.50. The van der Waals surface area contributed by atoms with E-state index >= 15 is 0 Å². The van der Waals surface area contributed by atoms with E-state index < -0.39 is 23.0 Å². The van der Waals surface area contributed by atoms with Gasteiger partial charge in [-0.05, 0) is 24.6 Å². The van der Waals surface area contributed by atoms with Gasteiger partial charge in [0.05, 0.1) is 16.6 Å². The highest BCUT2D eigenvalue weighted by molar-refractivity contribution is 7.85. The second-order valence-corrected chi connectivity index (χ2v) is 4.34. The molecule has 0 amide bonds. The summed E-state index contributed by atoms with van der Waals surface area (Å²) in [4.78, 5) is 0.394. The standard InChI is InChI=1S/C9H11F2NOS/c1-6-7(12)3-2-4-8(6)14(13)5-9(10)11/h2-4,9H,5,12H2,1H3. The summed E-state index contributed by atoms with van der Waals surface area (Å²) in [7, 11) is -1.67. The summed E-state index contributed by atoms with van der Waals surface area (Å²) in [5.41, 5.74) is 6.66. The molecule has 0 aliphatic carbocycles. The lowest BCUT2D eigenvalue weighted by molar-refractivity contribution is 0.175. The molecule has 1 unspecified atom stereocenters. The van der Waals surface area contributed by atoms with Gasteiger partial charge in [0.2, 0.25) is 6.43 Å². The first kappa shape index (κ1) is 11.1. The molecular formula is C9H11F2NOS. The highest BCUT2D eigenvalue weighted by atomic mass is 32.2. The Labute approximate surface area is 83.6 Å². The van der Waals surface area contributed by atoms with Crippen LogP contribution in [0.1, 0.15) is 5.56 Å². The van der Waals surface area contributed by atoms with Gasteiger partial charge < -0.3 is 5.73 Å². The molecule has 1 aromatic rings. The van der Waals surface area contributed by atoms with Gasteiger partial charge in [-0.25, -0.2) is 8.78 Å². The number of anilines is 1.